The number of pyridine rings is 1. The predicted octanol–water partition coefficient (Wildman–Crippen LogP) is 8.19. The van der Waals surface area contributed by atoms with Crippen LogP contribution in [0.1, 0.15) is 76.2 Å². The summed E-state index contributed by atoms with van der Waals surface area (Å²) in [5.74, 6) is 0. The molecule has 0 spiro atoms. The maximum absolute atomic E-state index is 14.7. The van der Waals surface area contributed by atoms with E-state index in [9.17, 15) is 4.57 Å². The van der Waals surface area contributed by atoms with Crippen LogP contribution in [0.25, 0.3) is 5.09 Å². The predicted molar refractivity (Wildman–Crippen MR) is 149 cm³/mol. The average Bonchev–Trinajstić information content (AvgIpc) is 3.16. The quantitative estimate of drug-likeness (QED) is 0.187. The molecule has 9 heteroatoms. The number of fused-ring (bicyclic) bond motifs is 2. The second-order valence-electron chi connectivity index (χ2n) is 9.94. The molecule has 2 aromatic rings. The van der Waals surface area contributed by atoms with Crippen molar-refractivity contribution in [1.29, 1.82) is 0 Å². The summed E-state index contributed by atoms with van der Waals surface area (Å²) >= 11 is 6.00. The molecule has 1 saturated heterocycles. The summed E-state index contributed by atoms with van der Waals surface area (Å²) in [5.41, 5.74) is 4.83. The summed E-state index contributed by atoms with van der Waals surface area (Å²) in [4.78, 5) is 9.59. The van der Waals surface area contributed by atoms with E-state index >= 15 is 0 Å². The van der Waals surface area contributed by atoms with Gasteiger partial charge in [-0.15, -0.1) is 5.69 Å². The minimum absolute atomic E-state index is 0.153. The zero-order chi connectivity index (χ0) is 25.7. The van der Waals surface area contributed by atoms with Gasteiger partial charge in [0.25, 0.3) is 0 Å². The van der Waals surface area contributed by atoms with Crippen LogP contribution in [-0.4, -0.2) is 38.7 Å². The Kier molecular flexibility index (Phi) is 9.86. The third-order valence-corrected chi connectivity index (χ3v) is 10.4. The zero-order valence-corrected chi connectivity index (χ0v) is 24.8. The number of aromatic nitrogens is 1. The summed E-state index contributed by atoms with van der Waals surface area (Å²) < 4.78 is 18.9. The fourth-order valence-electron chi connectivity index (χ4n) is 5.95. The Morgan fingerprint density at radius 1 is 1.11 bits per heavy atom. The van der Waals surface area contributed by atoms with Crippen LogP contribution < -0.4 is 0 Å². The van der Waals surface area contributed by atoms with E-state index in [-0.39, 0.29) is 18.1 Å². The molecule has 2 fully saturated rings. The van der Waals surface area contributed by atoms with E-state index in [0.29, 0.717) is 5.69 Å². The van der Waals surface area contributed by atoms with E-state index in [4.69, 9.17) is 15.1 Å². The summed E-state index contributed by atoms with van der Waals surface area (Å²) in [7, 11) is -3.17. The number of aryl methyl sites for hydroxylation is 2. The van der Waals surface area contributed by atoms with Gasteiger partial charge in [0, 0.05) is 29.5 Å². The Balaban J connectivity index is 0.00000148. The summed E-state index contributed by atoms with van der Waals surface area (Å²) in [6.45, 7) is 8.26. The number of nitrogens with zero attached hydrogens (tertiary/aromatic N) is 5. The van der Waals surface area contributed by atoms with Gasteiger partial charge in [0.1, 0.15) is 7.59 Å². The molecule has 1 aromatic carbocycles. The van der Waals surface area contributed by atoms with E-state index in [0.717, 1.165) is 37.1 Å². The molecule has 0 N–H and O–H groups in total. The Bertz CT molecular complexity index is 1110. The van der Waals surface area contributed by atoms with Crippen molar-refractivity contribution in [1.82, 2.24) is 14.3 Å². The van der Waals surface area contributed by atoms with Gasteiger partial charge in [-0.2, -0.15) is 6.92 Å². The number of rotatable bonds is 6. The van der Waals surface area contributed by atoms with Crippen LogP contribution in [0.2, 0.25) is 0 Å². The molecule has 196 valence electrons. The van der Waals surface area contributed by atoms with Crippen molar-refractivity contribution in [3.05, 3.63) is 65.0 Å². The van der Waals surface area contributed by atoms with Crippen molar-refractivity contribution in [3.63, 3.8) is 0 Å². The van der Waals surface area contributed by atoms with Crippen molar-refractivity contribution < 1.29 is 18.5 Å². The summed E-state index contributed by atoms with van der Waals surface area (Å²) in [6, 6.07) is 12.7. The number of halogens is 1. The molecule has 1 unspecified atom stereocenters. The normalized spacial score (nSPS) is 26.4. The minimum atomic E-state index is -3.17. The maximum atomic E-state index is 14.7. The molecule has 2 aliphatic carbocycles. The Morgan fingerprint density at radius 3 is 2.58 bits per heavy atom. The van der Waals surface area contributed by atoms with Crippen LogP contribution >= 0.6 is 21.8 Å². The monoisotopic (exact) mass is 615 g/mol. The Morgan fingerprint density at radius 2 is 1.83 bits per heavy atom. The third kappa shape index (κ3) is 5.69. The van der Waals surface area contributed by atoms with Crippen LogP contribution in [0.4, 0.5) is 11.4 Å². The molecule has 5 rings (SSSR count). The van der Waals surface area contributed by atoms with Crippen molar-refractivity contribution in [2.45, 2.75) is 90.3 Å². The molecule has 1 aliphatic heterocycles. The van der Waals surface area contributed by atoms with E-state index in [1.165, 1.54) is 36.9 Å². The van der Waals surface area contributed by atoms with Crippen LogP contribution in [0, 0.1) is 6.54 Å². The van der Waals surface area contributed by atoms with Gasteiger partial charge in [-0.05, 0) is 70.1 Å². The summed E-state index contributed by atoms with van der Waals surface area (Å²) in [5, 5.41) is 4.99. The van der Waals surface area contributed by atoms with E-state index in [2.05, 4.69) is 57.4 Å². The Labute approximate surface area is 231 Å². The van der Waals surface area contributed by atoms with Gasteiger partial charge in [0.2, 0.25) is 0 Å². The van der Waals surface area contributed by atoms with Gasteiger partial charge in [-0.25, -0.2) is 4.67 Å². The van der Waals surface area contributed by atoms with E-state index in [1.807, 2.05) is 50.0 Å². The van der Waals surface area contributed by atoms with Crippen molar-refractivity contribution in [3.8, 4) is 0 Å². The molecular weight excluding hydrogens is 580 g/mol. The van der Waals surface area contributed by atoms with Crippen molar-refractivity contribution >= 4 is 39.4 Å². The molecule has 2 heterocycles. The first-order valence-electron chi connectivity index (χ1n) is 13.0. The third-order valence-electron chi connectivity index (χ3n) is 7.42. The molecule has 0 bridgehead atoms. The van der Waals surface area contributed by atoms with Crippen molar-refractivity contribution in [2.75, 3.05) is 0 Å². The topological polar surface area (TPSA) is 62.9 Å². The number of benzene rings is 1. The second-order valence-corrected chi connectivity index (χ2v) is 12.1. The molecule has 1 aromatic heterocycles. The van der Waals surface area contributed by atoms with Gasteiger partial charge >= 0.3 is 28.1 Å². The van der Waals surface area contributed by atoms with Gasteiger partial charge < -0.3 is 14.3 Å². The van der Waals surface area contributed by atoms with Crippen LogP contribution in [0.5, 0.6) is 0 Å². The average molecular weight is 616 g/mol. The summed E-state index contributed by atoms with van der Waals surface area (Å²) in [6.07, 6.45) is 11.0. The molecular formula is C27H36BrCoN5OP. The van der Waals surface area contributed by atoms with E-state index in [1.54, 1.807) is 0 Å². The van der Waals surface area contributed by atoms with Gasteiger partial charge in [0.15, 0.2) is 0 Å². The van der Waals surface area contributed by atoms with Crippen molar-refractivity contribution in [2.24, 2.45) is 4.99 Å². The van der Waals surface area contributed by atoms with E-state index < -0.39 is 7.59 Å². The van der Waals surface area contributed by atoms with Crippen LogP contribution in [-0.2, 0) is 31.4 Å². The molecule has 36 heavy (non-hydrogen) atoms. The number of aliphatic imine (C=N–C) groups is 1. The van der Waals surface area contributed by atoms with Crippen LogP contribution in [0.15, 0.2) is 41.4 Å². The number of hydrogen-bond acceptors (Lipinski definition) is 3. The molecule has 3 aliphatic rings. The molecule has 3 atom stereocenters. The first-order chi connectivity index (χ1) is 17.5. The fraction of sp³-hybridized carbons (Fsp3) is 0.519. The standard InChI is InChI=1S/C27H36N5OP.BrH.Co/c1-4-31-26-15-9-10-16-27(26)32(20(2)3)34(31,33)30-25-14-8-7-13-24(25)28-19-22-18-17-21-11-5-6-12-23(21)29-22;;/h4,7-8,13-14,17-20,26-27H,5-6,9-12,15-16H2,1-3H3;1H;/q-2;;+3/p-1/t26-,27-,34?;;/m1../s1. The zero-order valence-electron chi connectivity index (χ0n) is 21.3. The van der Waals surface area contributed by atoms with Gasteiger partial charge in [-0.1, -0.05) is 37.1 Å². The van der Waals surface area contributed by atoms with Gasteiger partial charge in [-0.3, -0.25) is 16.5 Å². The fourth-order valence-corrected chi connectivity index (χ4v) is 9.06. The SMILES string of the molecule is C[CH-]N1[C@@H]2CCCC[C@H]2N(C(C)C)P1(=O)[N-]c1ccccc1N=Cc1ccc2c(n1)CCCC2.[Co+2][Br]. The molecule has 1 saturated carbocycles. The van der Waals surface area contributed by atoms with Gasteiger partial charge in [0.05, 0.1) is 11.9 Å². The first kappa shape index (κ1) is 28.0. The number of hydrogen-bond donors (Lipinski definition) is 0. The Hall–Kier alpha value is -1.02. The van der Waals surface area contributed by atoms with Crippen LogP contribution in [0.3, 0.4) is 0 Å². The molecule has 6 nitrogen and oxygen atoms in total. The number of para-hydroxylation sites is 1. The molecule has 0 amide bonds. The second kappa shape index (κ2) is 12.7. The molecule has 0 radical (unpaired) electrons. The first-order valence-corrected chi connectivity index (χ1v) is 17.1.